The Hall–Kier alpha value is -1.02. The maximum atomic E-state index is 7.88. The lowest BCUT2D eigenvalue weighted by Gasteiger charge is -1.94. The Morgan fingerprint density at radius 1 is 1.25 bits per heavy atom. The molecule has 0 aromatic heterocycles. The normalized spacial score (nSPS) is 8.25. The van der Waals surface area contributed by atoms with Gasteiger partial charge in [-0.15, -0.1) is 0 Å². The molecule has 1 aromatic carbocycles. The van der Waals surface area contributed by atoms with Gasteiger partial charge in [-0.3, -0.25) is 0 Å². The van der Waals surface area contributed by atoms with E-state index in [9.17, 15) is 0 Å². The molecule has 0 unspecified atom stereocenters. The number of nitrogens with one attached hydrogen (secondary N) is 1. The van der Waals surface area contributed by atoms with Crippen molar-refractivity contribution in [3.05, 3.63) is 30.3 Å². The lowest BCUT2D eigenvalue weighted by Crippen LogP contribution is -1.84. The summed E-state index contributed by atoms with van der Waals surface area (Å²) in [4.78, 5) is 0. The first-order valence-corrected chi connectivity index (χ1v) is 4.18. The average molecular weight is 167 g/mol. The number of hydrogen-bond acceptors (Lipinski definition) is 2. The molecule has 0 atom stereocenters. The second-order valence-corrected chi connectivity index (χ2v) is 2.34. The van der Waals surface area contributed by atoms with E-state index in [-0.39, 0.29) is 0 Å². The molecule has 0 fully saturated rings. The van der Waals surface area contributed by atoms with E-state index in [1.807, 2.05) is 44.3 Å². The molecule has 2 N–H and O–H groups in total. The molecule has 0 saturated carbocycles. The van der Waals surface area contributed by atoms with Crippen LogP contribution in [-0.2, 0) is 0 Å². The highest BCUT2D eigenvalue weighted by Crippen LogP contribution is 2.01. The van der Waals surface area contributed by atoms with Crippen LogP contribution >= 0.6 is 0 Å². The van der Waals surface area contributed by atoms with Crippen LogP contribution in [0.2, 0.25) is 0 Å². The second-order valence-electron chi connectivity index (χ2n) is 2.34. The Labute approximate surface area is 74.2 Å². The van der Waals surface area contributed by atoms with Crippen LogP contribution in [-0.4, -0.2) is 18.8 Å². The van der Waals surface area contributed by atoms with Crippen molar-refractivity contribution in [3.63, 3.8) is 0 Å². The fraction of sp³-hybridized carbons (Fsp3) is 0.400. The largest absolute Gasteiger partial charge is 0.396 e. The van der Waals surface area contributed by atoms with Gasteiger partial charge in [0.2, 0.25) is 0 Å². The summed E-state index contributed by atoms with van der Waals surface area (Å²) in [6.45, 7) is 2.25. The first-order valence-electron chi connectivity index (χ1n) is 4.18. The summed E-state index contributed by atoms with van der Waals surface area (Å²) in [6, 6.07) is 10.1. The third-order valence-electron chi connectivity index (χ3n) is 1.29. The molecule has 0 bridgehead atoms. The molecule has 0 aliphatic heterocycles. The minimum absolute atomic E-state index is 0.319. The lowest BCUT2D eigenvalue weighted by atomic mass is 10.3. The number of rotatable bonds is 2. The summed E-state index contributed by atoms with van der Waals surface area (Å²) in [5.41, 5.74) is 1.16. The van der Waals surface area contributed by atoms with Crippen LogP contribution < -0.4 is 5.32 Å². The van der Waals surface area contributed by atoms with E-state index in [2.05, 4.69) is 5.32 Å². The third kappa shape index (κ3) is 5.74. The number of hydrogen-bond donors (Lipinski definition) is 2. The fourth-order valence-electron chi connectivity index (χ4n) is 0.605. The van der Waals surface area contributed by atoms with Gasteiger partial charge in [-0.25, -0.2) is 0 Å². The van der Waals surface area contributed by atoms with E-state index in [1.165, 1.54) is 0 Å². The van der Waals surface area contributed by atoms with Gasteiger partial charge >= 0.3 is 0 Å². The minimum Gasteiger partial charge on any atom is -0.396 e. The molecule has 1 aromatic rings. The number of para-hydroxylation sites is 1. The predicted molar refractivity (Wildman–Crippen MR) is 53.4 cm³/mol. The zero-order valence-corrected chi connectivity index (χ0v) is 7.75. The molecular weight excluding hydrogens is 150 g/mol. The van der Waals surface area contributed by atoms with E-state index >= 15 is 0 Å². The van der Waals surface area contributed by atoms with Crippen molar-refractivity contribution in [2.24, 2.45) is 0 Å². The van der Waals surface area contributed by atoms with Gasteiger partial charge < -0.3 is 10.4 Å². The van der Waals surface area contributed by atoms with Crippen LogP contribution in [0.1, 0.15) is 13.3 Å². The van der Waals surface area contributed by atoms with Crippen molar-refractivity contribution in [1.82, 2.24) is 0 Å². The monoisotopic (exact) mass is 167 g/mol. The van der Waals surface area contributed by atoms with E-state index in [4.69, 9.17) is 5.11 Å². The van der Waals surface area contributed by atoms with Crippen molar-refractivity contribution < 1.29 is 5.11 Å². The smallest absolute Gasteiger partial charge is 0.0428 e. The van der Waals surface area contributed by atoms with Gasteiger partial charge in [-0.2, -0.15) is 0 Å². The Morgan fingerprint density at radius 2 is 1.75 bits per heavy atom. The van der Waals surface area contributed by atoms with Crippen LogP contribution in [0.3, 0.4) is 0 Å². The zero-order valence-electron chi connectivity index (χ0n) is 7.75. The zero-order chi connectivity index (χ0) is 9.23. The standard InChI is InChI=1S/C7H9N.C3H8O/c1-8-7-5-3-2-4-6-7;1-2-3-4/h2-6,8H,1H3;4H,2-3H2,1H3. The number of benzene rings is 1. The highest BCUT2D eigenvalue weighted by atomic mass is 16.2. The minimum atomic E-state index is 0.319. The molecule has 12 heavy (non-hydrogen) atoms. The number of anilines is 1. The summed E-state index contributed by atoms with van der Waals surface area (Å²) in [5.74, 6) is 0. The summed E-state index contributed by atoms with van der Waals surface area (Å²) in [6.07, 6.45) is 0.875. The molecule has 2 nitrogen and oxygen atoms in total. The number of aliphatic hydroxyl groups is 1. The van der Waals surface area contributed by atoms with E-state index < -0.39 is 0 Å². The maximum Gasteiger partial charge on any atom is 0.0428 e. The van der Waals surface area contributed by atoms with Crippen molar-refractivity contribution in [2.45, 2.75) is 13.3 Å². The first kappa shape index (κ1) is 11.0. The van der Waals surface area contributed by atoms with E-state index in [0.717, 1.165) is 12.1 Å². The summed E-state index contributed by atoms with van der Waals surface area (Å²) in [5, 5.41) is 10.9. The van der Waals surface area contributed by atoms with Crippen LogP contribution in [0.25, 0.3) is 0 Å². The summed E-state index contributed by atoms with van der Waals surface area (Å²) < 4.78 is 0. The topological polar surface area (TPSA) is 32.3 Å². The van der Waals surface area contributed by atoms with E-state index in [0.29, 0.717) is 6.61 Å². The van der Waals surface area contributed by atoms with Gasteiger partial charge in [-0.05, 0) is 18.6 Å². The van der Waals surface area contributed by atoms with Gasteiger partial charge in [0.1, 0.15) is 0 Å². The van der Waals surface area contributed by atoms with E-state index in [1.54, 1.807) is 0 Å². The Morgan fingerprint density at radius 3 is 2.00 bits per heavy atom. The quantitative estimate of drug-likeness (QED) is 0.707. The highest BCUT2D eigenvalue weighted by Gasteiger charge is 1.77. The van der Waals surface area contributed by atoms with Gasteiger partial charge in [-0.1, -0.05) is 25.1 Å². The second kappa shape index (κ2) is 8.08. The highest BCUT2D eigenvalue weighted by molar-refractivity contribution is 5.41. The number of aliphatic hydroxyl groups excluding tert-OH is 1. The average Bonchev–Trinajstić information content (AvgIpc) is 2.19. The molecule has 68 valence electrons. The molecule has 0 aliphatic rings. The van der Waals surface area contributed by atoms with Crippen LogP contribution in [0.5, 0.6) is 0 Å². The predicted octanol–water partition coefficient (Wildman–Crippen LogP) is 2.12. The SMILES string of the molecule is CCCO.CNc1ccccc1. The molecule has 0 aliphatic carbocycles. The molecule has 0 amide bonds. The van der Waals surface area contributed by atoms with Crippen LogP contribution in [0.4, 0.5) is 5.69 Å². The van der Waals surface area contributed by atoms with Crippen molar-refractivity contribution in [2.75, 3.05) is 19.0 Å². The lowest BCUT2D eigenvalue weighted by molar-refractivity contribution is 0.295. The molecule has 0 spiro atoms. The molecule has 1 rings (SSSR count). The summed E-state index contributed by atoms with van der Waals surface area (Å²) >= 11 is 0. The van der Waals surface area contributed by atoms with Gasteiger partial charge in [0.05, 0.1) is 0 Å². The van der Waals surface area contributed by atoms with Crippen molar-refractivity contribution in [1.29, 1.82) is 0 Å². The van der Waals surface area contributed by atoms with Crippen LogP contribution in [0, 0.1) is 0 Å². The molecule has 2 heteroatoms. The molecule has 0 radical (unpaired) electrons. The van der Waals surface area contributed by atoms with Crippen molar-refractivity contribution >= 4 is 5.69 Å². The Kier molecular flexibility index (Phi) is 7.39. The van der Waals surface area contributed by atoms with Gasteiger partial charge in [0, 0.05) is 19.3 Å². The molecule has 0 saturated heterocycles. The third-order valence-corrected chi connectivity index (χ3v) is 1.29. The Bertz CT molecular complexity index is 172. The summed E-state index contributed by atoms with van der Waals surface area (Å²) in [7, 11) is 1.91. The molecule has 0 heterocycles. The molecular formula is C10H17NO. The Balaban J connectivity index is 0.000000261. The first-order chi connectivity index (χ1) is 5.85. The van der Waals surface area contributed by atoms with Gasteiger partial charge in [0.15, 0.2) is 0 Å². The maximum absolute atomic E-state index is 7.88. The fourth-order valence-corrected chi connectivity index (χ4v) is 0.605. The van der Waals surface area contributed by atoms with Crippen LogP contribution in [0.15, 0.2) is 30.3 Å². The van der Waals surface area contributed by atoms with Crippen molar-refractivity contribution in [3.8, 4) is 0 Å². The van der Waals surface area contributed by atoms with Gasteiger partial charge in [0.25, 0.3) is 0 Å².